The second kappa shape index (κ2) is 9.40. The zero-order chi connectivity index (χ0) is 23.6. The molecule has 2 aromatic heterocycles. The summed E-state index contributed by atoms with van der Waals surface area (Å²) >= 11 is 1.41. The van der Waals surface area contributed by atoms with E-state index >= 15 is 0 Å². The summed E-state index contributed by atoms with van der Waals surface area (Å²) in [6.07, 6.45) is -2.42. The third-order valence-electron chi connectivity index (χ3n) is 5.08. The summed E-state index contributed by atoms with van der Waals surface area (Å²) < 4.78 is 52.0. The van der Waals surface area contributed by atoms with Gasteiger partial charge in [-0.05, 0) is 25.1 Å². The van der Waals surface area contributed by atoms with Gasteiger partial charge in [0.1, 0.15) is 0 Å². The number of imidazole rings is 1. The van der Waals surface area contributed by atoms with Gasteiger partial charge in [0.2, 0.25) is 0 Å². The number of esters is 1. The number of benzene rings is 1. The third kappa shape index (κ3) is 5.45. The summed E-state index contributed by atoms with van der Waals surface area (Å²) in [7, 11) is 0. The van der Waals surface area contributed by atoms with Crippen LogP contribution in [0, 0.1) is 0 Å². The van der Waals surface area contributed by atoms with Crippen LogP contribution in [-0.4, -0.2) is 53.7 Å². The quantitative estimate of drug-likeness (QED) is 0.543. The molecule has 1 saturated heterocycles. The Kier molecular flexibility index (Phi) is 6.56. The first-order valence-corrected chi connectivity index (χ1v) is 11.0. The minimum atomic E-state index is -4.57. The van der Waals surface area contributed by atoms with Crippen molar-refractivity contribution in [3.05, 3.63) is 47.2 Å². The highest BCUT2D eigenvalue weighted by atomic mass is 32.1. The van der Waals surface area contributed by atoms with Crippen LogP contribution < -0.4 is 10.2 Å². The summed E-state index contributed by atoms with van der Waals surface area (Å²) in [6, 6.07) is 3.18. The lowest BCUT2D eigenvalue weighted by Gasteiger charge is -2.31. The van der Waals surface area contributed by atoms with E-state index in [1.54, 1.807) is 16.8 Å². The van der Waals surface area contributed by atoms with Gasteiger partial charge in [0.25, 0.3) is 5.91 Å². The number of carbonyl (C=O) groups is 2. The molecule has 1 aliphatic heterocycles. The lowest BCUT2D eigenvalue weighted by molar-refractivity contribution is -0.152. The van der Waals surface area contributed by atoms with Gasteiger partial charge in [-0.25, -0.2) is 4.98 Å². The zero-order valence-corrected chi connectivity index (χ0v) is 18.4. The van der Waals surface area contributed by atoms with Crippen LogP contribution in [0.5, 0.6) is 0 Å². The molecular formula is C21H21F3N4O4S. The smallest absolute Gasteiger partial charge is 0.416 e. The van der Waals surface area contributed by atoms with Crippen molar-refractivity contribution in [1.29, 1.82) is 0 Å². The predicted molar refractivity (Wildman–Crippen MR) is 115 cm³/mol. The van der Waals surface area contributed by atoms with E-state index in [1.165, 1.54) is 24.3 Å². The Bertz CT molecular complexity index is 1130. The number of anilines is 2. The minimum absolute atomic E-state index is 0.00559. The molecule has 0 spiro atoms. The van der Waals surface area contributed by atoms with Gasteiger partial charge >= 0.3 is 12.1 Å². The van der Waals surface area contributed by atoms with Gasteiger partial charge in [0.15, 0.2) is 11.1 Å². The van der Waals surface area contributed by atoms with Crippen LogP contribution >= 0.6 is 11.3 Å². The Morgan fingerprint density at radius 3 is 2.76 bits per heavy atom. The van der Waals surface area contributed by atoms with Crippen molar-refractivity contribution in [2.24, 2.45) is 0 Å². The number of morpholine rings is 1. The maximum Gasteiger partial charge on any atom is 0.416 e. The van der Waals surface area contributed by atoms with E-state index in [0.29, 0.717) is 37.7 Å². The van der Waals surface area contributed by atoms with Gasteiger partial charge < -0.3 is 19.7 Å². The van der Waals surface area contributed by atoms with Gasteiger partial charge in [0, 0.05) is 30.9 Å². The topological polar surface area (TPSA) is 85.2 Å². The fourth-order valence-electron chi connectivity index (χ4n) is 3.43. The number of thiazole rings is 1. The Balaban J connectivity index is 1.45. The van der Waals surface area contributed by atoms with E-state index < -0.39 is 29.7 Å². The number of nitrogens with zero attached hydrogens (tertiary/aromatic N) is 3. The van der Waals surface area contributed by atoms with Crippen molar-refractivity contribution in [3.63, 3.8) is 0 Å². The lowest BCUT2D eigenvalue weighted by atomic mass is 10.1. The number of fused-ring (bicyclic) bond motifs is 1. The summed E-state index contributed by atoms with van der Waals surface area (Å²) in [5, 5.41) is 4.35. The van der Waals surface area contributed by atoms with Crippen LogP contribution in [-0.2, 0) is 31.7 Å². The predicted octanol–water partition coefficient (Wildman–Crippen LogP) is 3.36. The lowest BCUT2D eigenvalue weighted by Crippen LogP contribution is -2.37. The molecule has 0 unspecified atom stereocenters. The number of amides is 1. The second-order valence-corrected chi connectivity index (χ2v) is 8.33. The third-order valence-corrected chi connectivity index (χ3v) is 5.85. The number of hydrogen-bond acceptors (Lipinski definition) is 7. The molecule has 0 radical (unpaired) electrons. The molecule has 1 atom stereocenters. The van der Waals surface area contributed by atoms with Crippen molar-refractivity contribution < 1.29 is 32.2 Å². The standard InChI is InChI=1S/C21H21F3N4O4S/c1-13(32-18(29)11-15-12-28-6-9-33-20(28)25-15)19(30)26-16-10-14(21(22,23)24)2-3-17(16)27-4-7-31-8-5-27/h2-3,6,9-10,12-13H,4-5,7-8,11H2,1H3,(H,26,30)/t13-/m0/s1. The Morgan fingerprint density at radius 2 is 2.06 bits per heavy atom. The van der Waals surface area contributed by atoms with E-state index in [0.717, 1.165) is 17.1 Å². The molecule has 1 aromatic carbocycles. The van der Waals surface area contributed by atoms with E-state index in [-0.39, 0.29) is 12.1 Å². The van der Waals surface area contributed by atoms with Gasteiger partial charge in [-0.1, -0.05) is 0 Å². The van der Waals surface area contributed by atoms with Crippen LogP contribution in [0.1, 0.15) is 18.2 Å². The summed E-state index contributed by atoms with van der Waals surface area (Å²) in [4.78, 5) is 31.8. The van der Waals surface area contributed by atoms with Crippen molar-refractivity contribution in [1.82, 2.24) is 9.38 Å². The van der Waals surface area contributed by atoms with Gasteiger partial charge in [-0.15, -0.1) is 11.3 Å². The SMILES string of the molecule is C[C@H](OC(=O)Cc1cn2ccsc2n1)C(=O)Nc1cc(C(F)(F)F)ccc1N1CCOCC1. The number of ether oxygens (including phenoxy) is 2. The summed E-state index contributed by atoms with van der Waals surface area (Å²) in [5.41, 5.74) is 0.0383. The van der Waals surface area contributed by atoms with Gasteiger partial charge in [-0.3, -0.25) is 14.0 Å². The highest BCUT2D eigenvalue weighted by Gasteiger charge is 2.32. The second-order valence-electron chi connectivity index (χ2n) is 7.45. The molecule has 0 bridgehead atoms. The summed E-state index contributed by atoms with van der Waals surface area (Å²) in [6.45, 7) is 3.16. The van der Waals surface area contributed by atoms with Crippen LogP contribution in [0.4, 0.5) is 24.5 Å². The van der Waals surface area contributed by atoms with Gasteiger partial charge in [-0.2, -0.15) is 13.2 Å². The molecule has 0 saturated carbocycles. The van der Waals surface area contributed by atoms with E-state index in [1.807, 2.05) is 10.3 Å². The first kappa shape index (κ1) is 23.1. The molecule has 1 aliphatic rings. The van der Waals surface area contributed by atoms with E-state index in [2.05, 4.69) is 10.3 Å². The Labute approximate surface area is 190 Å². The first-order valence-electron chi connectivity index (χ1n) is 10.2. The number of halogens is 3. The highest BCUT2D eigenvalue weighted by Crippen LogP contribution is 2.36. The van der Waals surface area contributed by atoms with E-state index in [9.17, 15) is 22.8 Å². The molecule has 1 N–H and O–H groups in total. The number of nitrogens with one attached hydrogen (secondary N) is 1. The highest BCUT2D eigenvalue weighted by molar-refractivity contribution is 7.15. The first-order chi connectivity index (χ1) is 15.7. The molecule has 1 amide bonds. The molecule has 1 fully saturated rings. The molecular weight excluding hydrogens is 461 g/mol. The van der Waals surface area contributed by atoms with Crippen LogP contribution in [0.3, 0.4) is 0 Å². The van der Waals surface area contributed by atoms with Gasteiger partial charge in [0.05, 0.1) is 42.3 Å². The summed E-state index contributed by atoms with van der Waals surface area (Å²) in [5.74, 6) is -1.40. The molecule has 8 nitrogen and oxygen atoms in total. The molecule has 12 heteroatoms. The fourth-order valence-corrected chi connectivity index (χ4v) is 4.15. The van der Waals surface area contributed by atoms with Crippen molar-refractivity contribution in [3.8, 4) is 0 Å². The molecule has 0 aliphatic carbocycles. The van der Waals surface area contributed by atoms with Crippen LogP contribution in [0.2, 0.25) is 0 Å². The number of alkyl halides is 3. The average molecular weight is 482 g/mol. The number of hydrogen-bond donors (Lipinski definition) is 1. The number of aromatic nitrogens is 2. The molecule has 4 rings (SSSR count). The normalized spacial score (nSPS) is 15.5. The zero-order valence-electron chi connectivity index (χ0n) is 17.6. The van der Waals surface area contributed by atoms with Crippen molar-refractivity contribution in [2.75, 3.05) is 36.5 Å². The monoisotopic (exact) mass is 482 g/mol. The minimum Gasteiger partial charge on any atom is -0.452 e. The Hall–Kier alpha value is -3.12. The molecule has 33 heavy (non-hydrogen) atoms. The fraction of sp³-hybridized carbons (Fsp3) is 0.381. The average Bonchev–Trinajstić information content (AvgIpc) is 3.35. The number of carbonyl (C=O) groups excluding carboxylic acids is 2. The largest absolute Gasteiger partial charge is 0.452 e. The van der Waals surface area contributed by atoms with Crippen molar-refractivity contribution in [2.45, 2.75) is 25.6 Å². The van der Waals surface area contributed by atoms with Crippen LogP contribution in [0.25, 0.3) is 4.96 Å². The Morgan fingerprint density at radius 1 is 1.30 bits per heavy atom. The molecule has 3 heterocycles. The molecule has 3 aromatic rings. The van der Waals surface area contributed by atoms with E-state index in [4.69, 9.17) is 9.47 Å². The molecule has 176 valence electrons. The maximum atomic E-state index is 13.2. The van der Waals surface area contributed by atoms with Crippen molar-refractivity contribution >= 4 is 39.5 Å². The van der Waals surface area contributed by atoms with Crippen LogP contribution in [0.15, 0.2) is 36.0 Å². The maximum absolute atomic E-state index is 13.2. The number of rotatable bonds is 6.